The van der Waals surface area contributed by atoms with Crippen molar-refractivity contribution in [2.45, 2.75) is 25.0 Å². The summed E-state index contributed by atoms with van der Waals surface area (Å²) in [5.41, 5.74) is -0.0322. The van der Waals surface area contributed by atoms with Crippen molar-refractivity contribution in [1.29, 1.82) is 0 Å². The fraction of sp³-hybridized carbons (Fsp3) is 0.600. The Balaban J connectivity index is 2.02. The topological polar surface area (TPSA) is 74.8 Å². The molecule has 23 heavy (non-hydrogen) atoms. The number of piperazine rings is 1. The first-order chi connectivity index (χ1) is 10.5. The summed E-state index contributed by atoms with van der Waals surface area (Å²) in [7, 11) is -3.29. The lowest BCUT2D eigenvalue weighted by atomic mass is 9.94. The highest BCUT2D eigenvalue weighted by atomic mass is 32.2. The lowest BCUT2D eigenvalue weighted by Gasteiger charge is -2.37. The van der Waals surface area contributed by atoms with E-state index in [0.29, 0.717) is 31.7 Å². The van der Waals surface area contributed by atoms with Gasteiger partial charge < -0.3 is 9.80 Å². The summed E-state index contributed by atoms with van der Waals surface area (Å²) in [5.74, 6) is -0.0986. The molecule has 2 amide bonds. The van der Waals surface area contributed by atoms with Gasteiger partial charge in [0.05, 0.1) is 5.56 Å². The van der Waals surface area contributed by atoms with Gasteiger partial charge in [0.15, 0.2) is 9.84 Å². The van der Waals surface area contributed by atoms with Gasteiger partial charge in [-0.15, -0.1) is 11.3 Å². The number of sulfone groups is 1. The Labute approximate surface area is 141 Å². The van der Waals surface area contributed by atoms with E-state index in [4.69, 9.17) is 0 Å². The molecular weight excluding hydrogens is 336 g/mol. The number of nitrogens with zero attached hydrogens (tertiary/aromatic N) is 2. The van der Waals surface area contributed by atoms with Crippen molar-refractivity contribution < 1.29 is 18.0 Å². The summed E-state index contributed by atoms with van der Waals surface area (Å²) in [6.07, 6.45) is 1.13. The SMILES string of the molecule is CC(C)(C)C(=O)N1CCN(C(=O)c2csc(S(C)(=O)=O)c2)CC1. The molecule has 1 aromatic heterocycles. The van der Waals surface area contributed by atoms with Gasteiger partial charge in [-0.3, -0.25) is 9.59 Å². The van der Waals surface area contributed by atoms with E-state index in [9.17, 15) is 18.0 Å². The summed E-state index contributed by atoms with van der Waals surface area (Å²) in [5, 5.41) is 1.57. The Bertz CT molecular complexity index is 708. The molecular formula is C15H22N2O4S2. The van der Waals surface area contributed by atoms with Crippen molar-refractivity contribution in [3.05, 3.63) is 17.0 Å². The Morgan fingerprint density at radius 2 is 1.61 bits per heavy atom. The van der Waals surface area contributed by atoms with Gasteiger partial charge in [-0.05, 0) is 6.07 Å². The van der Waals surface area contributed by atoms with Crippen LogP contribution in [0.4, 0.5) is 0 Å². The lowest BCUT2D eigenvalue weighted by molar-refractivity contribution is -0.140. The van der Waals surface area contributed by atoms with Crippen LogP contribution in [0.1, 0.15) is 31.1 Å². The van der Waals surface area contributed by atoms with E-state index in [1.807, 2.05) is 20.8 Å². The number of carbonyl (C=O) groups excluding carboxylic acids is 2. The molecule has 1 aliphatic heterocycles. The minimum absolute atomic E-state index is 0.0829. The number of thiophene rings is 1. The molecule has 0 aromatic carbocycles. The summed E-state index contributed by atoms with van der Waals surface area (Å²) >= 11 is 1.06. The summed E-state index contributed by atoms with van der Waals surface area (Å²) in [6.45, 7) is 7.58. The molecule has 0 N–H and O–H groups in total. The second kappa shape index (κ2) is 6.24. The fourth-order valence-corrected chi connectivity index (χ4v) is 4.18. The van der Waals surface area contributed by atoms with E-state index in [-0.39, 0.29) is 16.0 Å². The monoisotopic (exact) mass is 358 g/mol. The molecule has 0 atom stereocenters. The van der Waals surface area contributed by atoms with Crippen LogP contribution in [0, 0.1) is 5.41 Å². The highest BCUT2D eigenvalue weighted by Gasteiger charge is 2.31. The minimum Gasteiger partial charge on any atom is -0.339 e. The predicted molar refractivity (Wildman–Crippen MR) is 89.4 cm³/mol. The Morgan fingerprint density at radius 1 is 1.09 bits per heavy atom. The average Bonchev–Trinajstić information content (AvgIpc) is 2.95. The maximum absolute atomic E-state index is 12.4. The van der Waals surface area contributed by atoms with Crippen LogP contribution >= 0.6 is 11.3 Å². The second-order valence-electron chi connectivity index (χ2n) is 6.76. The van der Waals surface area contributed by atoms with E-state index >= 15 is 0 Å². The average molecular weight is 358 g/mol. The van der Waals surface area contributed by atoms with Crippen molar-refractivity contribution in [2.24, 2.45) is 5.41 Å². The lowest BCUT2D eigenvalue weighted by Crippen LogP contribution is -2.53. The van der Waals surface area contributed by atoms with E-state index in [2.05, 4.69) is 0 Å². The third kappa shape index (κ3) is 4.11. The molecule has 0 saturated carbocycles. The second-order valence-corrected chi connectivity index (χ2v) is 9.91. The third-order valence-electron chi connectivity index (χ3n) is 3.68. The maximum atomic E-state index is 12.4. The molecule has 0 unspecified atom stereocenters. The molecule has 0 spiro atoms. The standard InChI is InChI=1S/C15H22N2O4S2/c1-15(2,3)14(19)17-7-5-16(6-8-17)13(18)11-9-12(22-10-11)23(4,20)21/h9-10H,5-8H2,1-4H3. The normalized spacial score (nSPS) is 16.5. The zero-order valence-corrected chi connectivity index (χ0v) is 15.5. The Kier molecular flexibility index (Phi) is 4.86. The van der Waals surface area contributed by atoms with Crippen molar-refractivity contribution in [3.8, 4) is 0 Å². The van der Waals surface area contributed by atoms with E-state index in [1.165, 1.54) is 6.07 Å². The number of amides is 2. The van der Waals surface area contributed by atoms with Crippen molar-refractivity contribution in [3.63, 3.8) is 0 Å². The van der Waals surface area contributed by atoms with Gasteiger partial charge in [-0.25, -0.2) is 8.42 Å². The van der Waals surface area contributed by atoms with Gasteiger partial charge in [0, 0.05) is 43.2 Å². The summed E-state index contributed by atoms with van der Waals surface area (Å²) < 4.78 is 23.2. The zero-order chi connectivity index (χ0) is 17.4. The Hall–Kier alpha value is -1.41. The van der Waals surface area contributed by atoms with E-state index in [0.717, 1.165) is 17.6 Å². The summed E-state index contributed by atoms with van der Waals surface area (Å²) in [6, 6.07) is 1.43. The molecule has 0 radical (unpaired) electrons. The van der Waals surface area contributed by atoms with Crippen LogP contribution in [0.3, 0.4) is 0 Å². The molecule has 1 aliphatic rings. The fourth-order valence-electron chi connectivity index (χ4n) is 2.39. The van der Waals surface area contributed by atoms with Crippen LogP contribution in [-0.4, -0.2) is 62.5 Å². The molecule has 1 aromatic rings. The molecule has 8 heteroatoms. The van der Waals surface area contributed by atoms with Gasteiger partial charge >= 0.3 is 0 Å². The summed E-state index contributed by atoms with van der Waals surface area (Å²) in [4.78, 5) is 28.1. The maximum Gasteiger partial charge on any atom is 0.254 e. The van der Waals surface area contributed by atoms with Crippen LogP contribution in [0.15, 0.2) is 15.7 Å². The van der Waals surface area contributed by atoms with Crippen LogP contribution < -0.4 is 0 Å². The molecule has 0 bridgehead atoms. The van der Waals surface area contributed by atoms with E-state index in [1.54, 1.807) is 15.2 Å². The van der Waals surface area contributed by atoms with Crippen LogP contribution in [-0.2, 0) is 14.6 Å². The quantitative estimate of drug-likeness (QED) is 0.803. The highest BCUT2D eigenvalue weighted by Crippen LogP contribution is 2.23. The number of hydrogen-bond acceptors (Lipinski definition) is 5. The first-order valence-electron chi connectivity index (χ1n) is 7.37. The number of rotatable bonds is 2. The van der Waals surface area contributed by atoms with Crippen LogP contribution in [0.25, 0.3) is 0 Å². The van der Waals surface area contributed by atoms with Crippen LogP contribution in [0.5, 0.6) is 0 Å². The molecule has 128 valence electrons. The molecule has 1 fully saturated rings. The van der Waals surface area contributed by atoms with Gasteiger partial charge in [0.1, 0.15) is 4.21 Å². The highest BCUT2D eigenvalue weighted by molar-refractivity contribution is 7.92. The van der Waals surface area contributed by atoms with E-state index < -0.39 is 15.3 Å². The first kappa shape index (κ1) is 17.9. The van der Waals surface area contributed by atoms with Gasteiger partial charge in [-0.1, -0.05) is 20.8 Å². The van der Waals surface area contributed by atoms with Crippen molar-refractivity contribution in [2.75, 3.05) is 32.4 Å². The first-order valence-corrected chi connectivity index (χ1v) is 10.1. The Morgan fingerprint density at radius 3 is 2.04 bits per heavy atom. The van der Waals surface area contributed by atoms with Crippen molar-refractivity contribution >= 4 is 33.0 Å². The molecule has 2 rings (SSSR count). The third-order valence-corrected chi connectivity index (χ3v) is 6.45. The smallest absolute Gasteiger partial charge is 0.254 e. The van der Waals surface area contributed by atoms with Gasteiger partial charge in [-0.2, -0.15) is 0 Å². The molecule has 0 aliphatic carbocycles. The number of carbonyl (C=O) groups is 2. The number of hydrogen-bond donors (Lipinski definition) is 0. The van der Waals surface area contributed by atoms with Gasteiger partial charge in [0.25, 0.3) is 5.91 Å². The molecule has 1 saturated heterocycles. The largest absolute Gasteiger partial charge is 0.339 e. The predicted octanol–water partition coefficient (Wildman–Crippen LogP) is 1.48. The van der Waals surface area contributed by atoms with Crippen LogP contribution in [0.2, 0.25) is 0 Å². The minimum atomic E-state index is -3.29. The molecule has 6 nitrogen and oxygen atoms in total. The zero-order valence-electron chi connectivity index (χ0n) is 13.8. The van der Waals surface area contributed by atoms with Gasteiger partial charge in [0.2, 0.25) is 5.91 Å². The van der Waals surface area contributed by atoms with Crippen molar-refractivity contribution in [1.82, 2.24) is 9.80 Å². The molecule has 2 heterocycles.